The summed E-state index contributed by atoms with van der Waals surface area (Å²) >= 11 is 0. The van der Waals surface area contributed by atoms with Crippen LogP contribution in [0.2, 0.25) is 0 Å². The minimum atomic E-state index is -0.458. The Morgan fingerprint density at radius 3 is 1.94 bits per heavy atom. The number of benzene rings is 3. The first kappa shape index (κ1) is 18.9. The summed E-state index contributed by atoms with van der Waals surface area (Å²) in [5, 5.41) is 9.80. The van der Waals surface area contributed by atoms with Gasteiger partial charge in [0, 0.05) is 16.5 Å². The van der Waals surface area contributed by atoms with Crippen LogP contribution in [-0.4, -0.2) is 21.4 Å². The first-order valence-corrected chi connectivity index (χ1v) is 10.1. The molecule has 0 saturated carbocycles. The Bertz CT molecular complexity index is 1390. The Hall–Kier alpha value is -4.06. The highest BCUT2D eigenvalue weighted by molar-refractivity contribution is 6.24. The molecule has 0 unspecified atom stereocenters. The molecule has 152 valence electrons. The molecule has 0 fully saturated rings. The molecule has 6 nitrogen and oxygen atoms in total. The van der Waals surface area contributed by atoms with E-state index in [1.807, 2.05) is 62.4 Å². The summed E-state index contributed by atoms with van der Waals surface area (Å²) in [5.41, 5.74) is 7.44. The molecular weight excluding hydrogens is 388 g/mol. The maximum Gasteiger partial charge on any atom is 0.292 e. The summed E-state index contributed by atoms with van der Waals surface area (Å²) in [6.07, 6.45) is 0. The van der Waals surface area contributed by atoms with E-state index in [1.165, 1.54) is 4.68 Å². The van der Waals surface area contributed by atoms with Gasteiger partial charge >= 0.3 is 0 Å². The molecule has 3 aromatic carbocycles. The molecule has 0 spiro atoms. The van der Waals surface area contributed by atoms with Crippen molar-refractivity contribution in [3.05, 3.63) is 100.0 Å². The Morgan fingerprint density at radius 1 is 0.839 bits per heavy atom. The van der Waals surface area contributed by atoms with E-state index in [0.717, 1.165) is 22.3 Å². The molecule has 6 heteroatoms. The van der Waals surface area contributed by atoms with Gasteiger partial charge in [-0.2, -0.15) is 10.2 Å². The van der Waals surface area contributed by atoms with Gasteiger partial charge in [0.05, 0.1) is 17.1 Å². The summed E-state index contributed by atoms with van der Waals surface area (Å²) in [6, 6.07) is 22.8. The van der Waals surface area contributed by atoms with Crippen LogP contribution in [0, 0.1) is 0 Å². The van der Waals surface area contributed by atoms with Crippen molar-refractivity contribution in [2.24, 2.45) is 5.10 Å². The number of hydrogen-bond donors (Lipinski definition) is 1. The van der Waals surface area contributed by atoms with Gasteiger partial charge < -0.3 is 0 Å². The van der Waals surface area contributed by atoms with E-state index >= 15 is 0 Å². The van der Waals surface area contributed by atoms with Gasteiger partial charge in [-0.15, -0.1) is 0 Å². The van der Waals surface area contributed by atoms with Gasteiger partial charge in [0.15, 0.2) is 5.69 Å². The molecule has 0 saturated heterocycles. The monoisotopic (exact) mass is 408 g/mol. The summed E-state index contributed by atoms with van der Waals surface area (Å²) in [4.78, 5) is 25.9. The average molecular weight is 408 g/mol. The van der Waals surface area contributed by atoms with Gasteiger partial charge in [0.1, 0.15) is 0 Å². The van der Waals surface area contributed by atoms with E-state index in [4.69, 9.17) is 0 Å². The summed E-state index contributed by atoms with van der Waals surface area (Å²) in [5.74, 6) is -0.458. The summed E-state index contributed by atoms with van der Waals surface area (Å²) in [7, 11) is 0. The number of rotatable bonds is 3. The lowest BCUT2D eigenvalue weighted by molar-refractivity contribution is 0.0949. The Labute approximate surface area is 178 Å². The van der Waals surface area contributed by atoms with Crippen LogP contribution in [0.25, 0.3) is 21.9 Å². The van der Waals surface area contributed by atoms with Gasteiger partial charge in [0.2, 0.25) is 0 Å². The van der Waals surface area contributed by atoms with Crippen molar-refractivity contribution in [2.45, 2.75) is 19.9 Å². The molecule has 4 aromatic rings. The summed E-state index contributed by atoms with van der Waals surface area (Å²) < 4.78 is 1.34. The SMILES string of the molecule is CC(C)n1nc(C(=O)NN=C2c3ccccc3-c3ccccc32)c2ccccc2c1=O. The van der Waals surface area contributed by atoms with Gasteiger partial charge in [0.25, 0.3) is 11.5 Å². The molecule has 1 aliphatic rings. The number of nitrogens with zero attached hydrogens (tertiary/aromatic N) is 3. The van der Waals surface area contributed by atoms with Crippen LogP contribution in [0.5, 0.6) is 0 Å². The van der Waals surface area contributed by atoms with Crippen LogP contribution in [0.1, 0.15) is 41.5 Å². The van der Waals surface area contributed by atoms with Crippen molar-refractivity contribution in [2.75, 3.05) is 0 Å². The fraction of sp³-hybridized carbons (Fsp3) is 0.120. The Kier molecular flexibility index (Phi) is 4.47. The van der Waals surface area contributed by atoms with E-state index in [0.29, 0.717) is 16.5 Å². The number of aromatic nitrogens is 2. The smallest absolute Gasteiger partial charge is 0.267 e. The number of hydrogen-bond acceptors (Lipinski definition) is 4. The maximum atomic E-state index is 13.1. The Balaban J connectivity index is 1.59. The van der Waals surface area contributed by atoms with Crippen molar-refractivity contribution in [1.29, 1.82) is 0 Å². The van der Waals surface area contributed by atoms with E-state index < -0.39 is 5.91 Å². The van der Waals surface area contributed by atoms with E-state index in [9.17, 15) is 9.59 Å². The lowest BCUT2D eigenvalue weighted by atomic mass is 10.1. The number of carbonyl (C=O) groups is 1. The second-order valence-electron chi connectivity index (χ2n) is 7.73. The molecular formula is C25H20N4O2. The van der Waals surface area contributed by atoms with Gasteiger partial charge in [-0.05, 0) is 31.0 Å². The van der Waals surface area contributed by atoms with Crippen LogP contribution in [0.4, 0.5) is 0 Å². The van der Waals surface area contributed by atoms with Crippen molar-refractivity contribution >= 4 is 22.4 Å². The topological polar surface area (TPSA) is 76.3 Å². The van der Waals surface area contributed by atoms with Crippen LogP contribution >= 0.6 is 0 Å². The molecule has 0 radical (unpaired) electrons. The van der Waals surface area contributed by atoms with E-state index in [1.54, 1.807) is 24.3 Å². The third kappa shape index (κ3) is 3.04. The molecule has 0 bridgehead atoms. The average Bonchev–Trinajstić information content (AvgIpc) is 3.11. The first-order chi connectivity index (χ1) is 15.1. The van der Waals surface area contributed by atoms with E-state index in [-0.39, 0.29) is 17.3 Å². The minimum absolute atomic E-state index is 0.174. The zero-order valence-electron chi connectivity index (χ0n) is 17.2. The maximum absolute atomic E-state index is 13.1. The molecule has 31 heavy (non-hydrogen) atoms. The van der Waals surface area contributed by atoms with Crippen LogP contribution < -0.4 is 11.0 Å². The molecule has 1 heterocycles. The first-order valence-electron chi connectivity index (χ1n) is 10.1. The van der Waals surface area contributed by atoms with Crippen LogP contribution in [-0.2, 0) is 0 Å². The molecule has 1 aliphatic carbocycles. The zero-order valence-corrected chi connectivity index (χ0v) is 17.2. The summed E-state index contributed by atoms with van der Waals surface area (Å²) in [6.45, 7) is 3.72. The van der Waals surface area contributed by atoms with Crippen LogP contribution in [0.15, 0.2) is 82.7 Å². The van der Waals surface area contributed by atoms with Gasteiger partial charge in [-0.25, -0.2) is 10.1 Å². The van der Waals surface area contributed by atoms with Crippen molar-refractivity contribution in [3.8, 4) is 11.1 Å². The minimum Gasteiger partial charge on any atom is -0.267 e. The fourth-order valence-corrected chi connectivity index (χ4v) is 4.00. The fourth-order valence-electron chi connectivity index (χ4n) is 4.00. The molecule has 1 N–H and O–H groups in total. The third-order valence-corrected chi connectivity index (χ3v) is 5.46. The number of carbonyl (C=O) groups excluding carboxylic acids is 1. The molecule has 0 atom stereocenters. The standard InChI is InChI=1S/C25H20N4O2/c1-15(2)29-25(31)21-14-8-7-13-20(21)23(28-29)24(30)27-26-22-18-11-5-3-9-16(18)17-10-4-6-12-19(17)22/h3-15H,1-2H3,(H,27,30). The van der Waals surface area contributed by atoms with Crippen molar-refractivity contribution in [1.82, 2.24) is 15.2 Å². The highest BCUT2D eigenvalue weighted by atomic mass is 16.2. The molecule has 0 aliphatic heterocycles. The zero-order chi connectivity index (χ0) is 21.5. The third-order valence-electron chi connectivity index (χ3n) is 5.46. The van der Waals surface area contributed by atoms with Crippen molar-refractivity contribution < 1.29 is 4.79 Å². The van der Waals surface area contributed by atoms with Gasteiger partial charge in [-0.3, -0.25) is 9.59 Å². The highest BCUT2D eigenvalue weighted by Crippen LogP contribution is 2.36. The predicted molar refractivity (Wildman–Crippen MR) is 121 cm³/mol. The lowest BCUT2D eigenvalue weighted by Crippen LogP contribution is -2.30. The molecule has 5 rings (SSSR count). The van der Waals surface area contributed by atoms with E-state index in [2.05, 4.69) is 15.6 Å². The second kappa shape index (κ2) is 7.32. The molecule has 1 aromatic heterocycles. The van der Waals surface area contributed by atoms with Crippen molar-refractivity contribution in [3.63, 3.8) is 0 Å². The highest BCUT2D eigenvalue weighted by Gasteiger charge is 2.25. The number of amides is 1. The number of nitrogens with one attached hydrogen (secondary N) is 1. The quantitative estimate of drug-likeness (QED) is 0.456. The largest absolute Gasteiger partial charge is 0.292 e. The molecule has 1 amide bonds. The Morgan fingerprint density at radius 2 is 1.35 bits per heavy atom. The number of hydrazone groups is 1. The van der Waals surface area contributed by atoms with Crippen LogP contribution in [0.3, 0.4) is 0 Å². The predicted octanol–water partition coefficient (Wildman–Crippen LogP) is 4.14. The lowest BCUT2D eigenvalue weighted by Gasteiger charge is -2.12. The normalized spacial score (nSPS) is 12.0. The van der Waals surface area contributed by atoms with Gasteiger partial charge in [-0.1, -0.05) is 66.7 Å². The second-order valence-corrected chi connectivity index (χ2v) is 7.73. The number of fused-ring (bicyclic) bond motifs is 4.